The molecule has 1 heterocycles. The molecule has 5 heteroatoms. The van der Waals surface area contributed by atoms with Crippen LogP contribution in [0.2, 0.25) is 0 Å². The number of rotatable bonds is 3. The first-order chi connectivity index (χ1) is 8.66. The van der Waals surface area contributed by atoms with Crippen LogP contribution in [0.25, 0.3) is 0 Å². The molecule has 1 aliphatic heterocycles. The summed E-state index contributed by atoms with van der Waals surface area (Å²) in [6.07, 6.45) is -4.37. The van der Waals surface area contributed by atoms with Crippen LogP contribution in [0.3, 0.4) is 0 Å². The highest BCUT2D eigenvalue weighted by Crippen LogP contribution is 2.38. The maximum Gasteiger partial charge on any atom is 0.389 e. The summed E-state index contributed by atoms with van der Waals surface area (Å²) in [5.41, 5.74) is 1.49. The van der Waals surface area contributed by atoms with Gasteiger partial charge in [-0.1, -0.05) is 12.1 Å². The molecular weight excluding hydrogens is 277 g/mol. The second-order valence-corrected chi connectivity index (χ2v) is 6.05. The van der Waals surface area contributed by atoms with E-state index in [1.54, 1.807) is 12.1 Å². The predicted octanol–water partition coefficient (Wildman–Crippen LogP) is 5.02. The highest BCUT2D eigenvalue weighted by Gasteiger charge is 2.31. The van der Waals surface area contributed by atoms with E-state index >= 15 is 0 Å². The predicted molar refractivity (Wildman–Crippen MR) is 68.7 cm³/mol. The smallest absolute Gasteiger partial charge is 0.389 e. The van der Waals surface area contributed by atoms with Crippen molar-refractivity contribution in [2.24, 2.45) is 0 Å². The lowest BCUT2D eigenvalue weighted by Crippen LogP contribution is -2.24. The molecule has 106 valence electrons. The highest BCUT2D eigenvalue weighted by atomic mass is 35.5. The first-order valence-corrected chi connectivity index (χ1v) is 6.63. The number of halogens is 4. The van der Waals surface area contributed by atoms with Crippen molar-refractivity contribution < 1.29 is 17.9 Å². The van der Waals surface area contributed by atoms with Gasteiger partial charge in [0.2, 0.25) is 0 Å². The first kappa shape index (κ1) is 14.5. The number of hydrogen-bond acceptors (Lipinski definition) is 1. The minimum Gasteiger partial charge on any atom is -0.487 e. The van der Waals surface area contributed by atoms with Gasteiger partial charge >= 0.3 is 6.18 Å². The average Bonchev–Trinajstić information content (AvgIpc) is 2.57. The maximum atomic E-state index is 12.2. The zero-order valence-corrected chi connectivity index (χ0v) is 11.6. The second kappa shape index (κ2) is 4.89. The lowest BCUT2D eigenvalue weighted by Gasteiger charge is -2.16. The molecule has 0 amide bonds. The average molecular weight is 293 g/mol. The molecule has 1 aliphatic rings. The van der Waals surface area contributed by atoms with Crippen molar-refractivity contribution in [3.05, 3.63) is 29.3 Å². The summed E-state index contributed by atoms with van der Waals surface area (Å²) in [5, 5.41) is -0.615. The Balaban J connectivity index is 2.07. The molecule has 0 aliphatic carbocycles. The minimum absolute atomic E-state index is 0.103. The molecule has 0 saturated carbocycles. The van der Waals surface area contributed by atoms with Gasteiger partial charge in [0.1, 0.15) is 11.4 Å². The van der Waals surface area contributed by atoms with E-state index in [1.165, 1.54) is 0 Å². The Morgan fingerprint density at radius 2 is 2.05 bits per heavy atom. The van der Waals surface area contributed by atoms with Crippen LogP contribution in [0.5, 0.6) is 5.75 Å². The van der Waals surface area contributed by atoms with Gasteiger partial charge in [-0.3, -0.25) is 0 Å². The van der Waals surface area contributed by atoms with Crippen LogP contribution >= 0.6 is 11.6 Å². The highest BCUT2D eigenvalue weighted by molar-refractivity contribution is 6.20. The Labute approximate surface area is 115 Å². The van der Waals surface area contributed by atoms with Crippen molar-refractivity contribution in [3.63, 3.8) is 0 Å². The van der Waals surface area contributed by atoms with E-state index in [4.69, 9.17) is 16.3 Å². The molecule has 1 atom stereocenters. The van der Waals surface area contributed by atoms with Gasteiger partial charge in [0.15, 0.2) is 0 Å². The van der Waals surface area contributed by atoms with Gasteiger partial charge in [0.25, 0.3) is 0 Å². The van der Waals surface area contributed by atoms with Crippen LogP contribution in [-0.2, 0) is 6.42 Å². The maximum absolute atomic E-state index is 12.2. The standard InChI is InChI=1S/C14H16ClF3O/c1-13(2)8-10-7-9(3-4-12(10)19-13)11(15)5-6-14(16,17)18/h3-4,7,11H,5-6,8H2,1-2H3. The zero-order chi connectivity index (χ0) is 14.3. The van der Waals surface area contributed by atoms with E-state index in [2.05, 4.69) is 0 Å². The summed E-state index contributed by atoms with van der Waals surface area (Å²) in [6.45, 7) is 3.96. The normalized spacial score (nSPS) is 18.8. The Kier molecular flexibility index (Phi) is 3.74. The molecule has 0 radical (unpaired) electrons. The molecule has 2 rings (SSSR count). The fourth-order valence-electron chi connectivity index (χ4n) is 2.28. The van der Waals surface area contributed by atoms with E-state index in [0.29, 0.717) is 0 Å². The number of hydrogen-bond donors (Lipinski definition) is 0. The summed E-state index contributed by atoms with van der Waals surface area (Å²) < 4.78 is 42.2. The van der Waals surface area contributed by atoms with Crippen molar-refractivity contribution in [2.45, 2.75) is 50.3 Å². The first-order valence-electron chi connectivity index (χ1n) is 6.19. The zero-order valence-electron chi connectivity index (χ0n) is 10.9. The van der Waals surface area contributed by atoms with E-state index in [9.17, 15) is 13.2 Å². The van der Waals surface area contributed by atoms with Gasteiger partial charge in [0, 0.05) is 12.8 Å². The monoisotopic (exact) mass is 292 g/mol. The molecule has 0 N–H and O–H groups in total. The van der Waals surface area contributed by atoms with Gasteiger partial charge in [0.05, 0.1) is 5.38 Å². The molecule has 0 bridgehead atoms. The third-order valence-electron chi connectivity index (χ3n) is 3.13. The van der Waals surface area contributed by atoms with Crippen molar-refractivity contribution in [1.29, 1.82) is 0 Å². The van der Waals surface area contributed by atoms with Gasteiger partial charge in [-0.15, -0.1) is 11.6 Å². The van der Waals surface area contributed by atoms with E-state index in [1.807, 2.05) is 19.9 Å². The molecule has 1 nitrogen and oxygen atoms in total. The molecule has 0 fully saturated rings. The van der Waals surface area contributed by atoms with Crippen molar-refractivity contribution in [1.82, 2.24) is 0 Å². The molecule has 1 unspecified atom stereocenters. The summed E-state index contributed by atoms with van der Waals surface area (Å²) in [7, 11) is 0. The molecule has 0 saturated heterocycles. The van der Waals surface area contributed by atoms with E-state index in [-0.39, 0.29) is 12.0 Å². The van der Waals surface area contributed by atoms with Crippen LogP contribution in [0.1, 0.15) is 43.2 Å². The van der Waals surface area contributed by atoms with Crippen LogP contribution in [0.4, 0.5) is 13.2 Å². The van der Waals surface area contributed by atoms with E-state index in [0.717, 1.165) is 23.3 Å². The van der Waals surface area contributed by atoms with Crippen LogP contribution < -0.4 is 4.74 Å². The van der Waals surface area contributed by atoms with Crippen molar-refractivity contribution >= 4 is 11.6 Å². The number of ether oxygens (including phenoxy) is 1. The topological polar surface area (TPSA) is 9.23 Å². The van der Waals surface area contributed by atoms with Gasteiger partial charge in [-0.25, -0.2) is 0 Å². The molecule has 1 aromatic carbocycles. The van der Waals surface area contributed by atoms with Crippen LogP contribution in [0.15, 0.2) is 18.2 Å². The number of fused-ring (bicyclic) bond motifs is 1. The van der Waals surface area contributed by atoms with Crippen LogP contribution in [-0.4, -0.2) is 11.8 Å². The van der Waals surface area contributed by atoms with Crippen molar-refractivity contribution in [3.8, 4) is 5.75 Å². The second-order valence-electron chi connectivity index (χ2n) is 5.53. The van der Waals surface area contributed by atoms with Crippen LogP contribution in [0, 0.1) is 0 Å². The Morgan fingerprint density at radius 3 is 2.68 bits per heavy atom. The third kappa shape index (κ3) is 3.78. The minimum atomic E-state index is -4.16. The fourth-order valence-corrected chi connectivity index (χ4v) is 2.53. The molecule has 0 spiro atoms. The third-order valence-corrected chi connectivity index (χ3v) is 3.60. The van der Waals surface area contributed by atoms with Crippen molar-refractivity contribution in [2.75, 3.05) is 0 Å². The largest absolute Gasteiger partial charge is 0.487 e. The summed E-state index contributed by atoms with van der Waals surface area (Å²) in [5.74, 6) is 0.799. The lowest BCUT2D eigenvalue weighted by molar-refractivity contribution is -0.135. The summed E-state index contributed by atoms with van der Waals surface area (Å²) >= 11 is 6.04. The number of benzene rings is 1. The summed E-state index contributed by atoms with van der Waals surface area (Å²) in [6, 6.07) is 5.40. The Hall–Kier alpha value is -0.900. The van der Waals surface area contributed by atoms with Gasteiger partial charge in [-0.2, -0.15) is 13.2 Å². The molecule has 1 aromatic rings. The van der Waals surface area contributed by atoms with E-state index < -0.39 is 18.0 Å². The van der Waals surface area contributed by atoms with Gasteiger partial charge < -0.3 is 4.74 Å². The number of alkyl halides is 4. The molecule has 19 heavy (non-hydrogen) atoms. The molecule has 0 aromatic heterocycles. The van der Waals surface area contributed by atoms with Gasteiger partial charge in [-0.05, 0) is 37.5 Å². The quantitative estimate of drug-likeness (QED) is 0.711. The fraction of sp³-hybridized carbons (Fsp3) is 0.571. The Morgan fingerprint density at radius 1 is 1.37 bits per heavy atom. The lowest BCUT2D eigenvalue weighted by atomic mass is 9.98. The molecular formula is C14H16ClF3O. The Bertz CT molecular complexity index is 468. The summed E-state index contributed by atoms with van der Waals surface area (Å²) in [4.78, 5) is 0. The SMILES string of the molecule is CC1(C)Cc2cc(C(Cl)CCC(F)(F)F)ccc2O1.